The van der Waals surface area contributed by atoms with Gasteiger partial charge in [-0.1, -0.05) is 61.4 Å². The van der Waals surface area contributed by atoms with Crippen LogP contribution in [-0.4, -0.2) is 26.0 Å². The Morgan fingerprint density at radius 3 is 2.72 bits per heavy atom. The van der Waals surface area contributed by atoms with E-state index in [2.05, 4.69) is 46.4 Å². The number of benzene rings is 1. The number of rotatable bonds is 4. The molecule has 0 saturated heterocycles. The summed E-state index contributed by atoms with van der Waals surface area (Å²) < 4.78 is 1.71. The number of nitrogens with one attached hydrogen (secondary N) is 1. The van der Waals surface area contributed by atoms with E-state index in [0.717, 1.165) is 16.3 Å². The van der Waals surface area contributed by atoms with Gasteiger partial charge < -0.3 is 0 Å². The molecule has 25 heavy (non-hydrogen) atoms. The molecule has 0 fully saturated rings. The summed E-state index contributed by atoms with van der Waals surface area (Å²) in [4.78, 5) is 8.66. The van der Waals surface area contributed by atoms with Crippen LogP contribution >= 0.6 is 34.5 Å². The fraction of sp³-hybridized carbons (Fsp3) is 0.250. The van der Waals surface area contributed by atoms with Gasteiger partial charge in [0.15, 0.2) is 0 Å². The Kier molecular flexibility index (Phi) is 5.08. The Bertz CT molecular complexity index is 896. The smallest absolute Gasteiger partial charge is 0.205 e. The summed E-state index contributed by atoms with van der Waals surface area (Å²) in [5, 5.41) is 11.1. The summed E-state index contributed by atoms with van der Waals surface area (Å²) in [5.41, 5.74) is 4.50. The molecular weight excluding hydrogens is 379 g/mol. The summed E-state index contributed by atoms with van der Waals surface area (Å²) in [6.07, 6.45) is 4.79. The molecular formula is C16H16Cl2N6S. The third-order valence-electron chi connectivity index (χ3n) is 3.27. The molecule has 130 valence electrons. The maximum Gasteiger partial charge on any atom is 0.205 e. The average Bonchev–Trinajstić information content (AvgIpc) is 3.17. The molecule has 6 nitrogen and oxygen atoms in total. The van der Waals surface area contributed by atoms with E-state index < -0.39 is 0 Å². The minimum absolute atomic E-state index is 0.138. The Balaban J connectivity index is 1.85. The van der Waals surface area contributed by atoms with E-state index in [9.17, 15) is 0 Å². The fourth-order valence-electron chi connectivity index (χ4n) is 2.08. The Labute approximate surface area is 159 Å². The maximum atomic E-state index is 6.13. The molecule has 0 amide bonds. The monoisotopic (exact) mass is 394 g/mol. The average molecular weight is 395 g/mol. The molecule has 0 bridgehead atoms. The van der Waals surface area contributed by atoms with Gasteiger partial charge in [0.2, 0.25) is 5.13 Å². The number of aromatic nitrogens is 4. The molecule has 0 aliphatic heterocycles. The van der Waals surface area contributed by atoms with Gasteiger partial charge in [0.25, 0.3) is 0 Å². The van der Waals surface area contributed by atoms with Crippen molar-refractivity contribution >= 4 is 45.9 Å². The first-order chi connectivity index (χ1) is 11.8. The van der Waals surface area contributed by atoms with Crippen molar-refractivity contribution in [1.29, 1.82) is 0 Å². The molecule has 9 heteroatoms. The summed E-state index contributed by atoms with van der Waals surface area (Å²) in [7, 11) is 0. The van der Waals surface area contributed by atoms with Crippen LogP contribution in [0, 0.1) is 0 Å². The SMILES string of the molecule is CC(C)(C)c1nc(N/N=C/c2ccc(Cl)cc2Cl)sc1-n1cncn1. The lowest BCUT2D eigenvalue weighted by Gasteiger charge is -2.16. The molecule has 0 atom stereocenters. The first kappa shape index (κ1) is 17.8. The highest BCUT2D eigenvalue weighted by atomic mass is 35.5. The molecule has 2 heterocycles. The van der Waals surface area contributed by atoms with Crippen molar-refractivity contribution in [2.45, 2.75) is 26.2 Å². The highest BCUT2D eigenvalue weighted by Crippen LogP contribution is 2.34. The molecule has 0 radical (unpaired) electrons. The largest absolute Gasteiger partial charge is 0.253 e. The van der Waals surface area contributed by atoms with Gasteiger partial charge in [-0.15, -0.1) is 0 Å². The quantitative estimate of drug-likeness (QED) is 0.510. The zero-order valence-electron chi connectivity index (χ0n) is 13.9. The number of thiazole rings is 1. The zero-order valence-corrected chi connectivity index (χ0v) is 16.2. The van der Waals surface area contributed by atoms with Crippen LogP contribution in [0.2, 0.25) is 10.0 Å². The Morgan fingerprint density at radius 1 is 1.28 bits per heavy atom. The molecule has 0 spiro atoms. The Morgan fingerprint density at radius 2 is 2.08 bits per heavy atom. The van der Waals surface area contributed by atoms with Crippen LogP contribution in [0.5, 0.6) is 0 Å². The number of hydrogen-bond donors (Lipinski definition) is 1. The van der Waals surface area contributed by atoms with Gasteiger partial charge in [-0.25, -0.2) is 14.6 Å². The molecule has 1 aromatic carbocycles. The van der Waals surface area contributed by atoms with Gasteiger partial charge in [0.05, 0.1) is 16.9 Å². The lowest BCUT2D eigenvalue weighted by atomic mass is 9.92. The number of nitrogens with zero attached hydrogens (tertiary/aromatic N) is 5. The number of halogens is 2. The van der Waals surface area contributed by atoms with E-state index in [1.165, 1.54) is 17.7 Å². The van der Waals surface area contributed by atoms with Crippen LogP contribution < -0.4 is 5.43 Å². The van der Waals surface area contributed by atoms with Gasteiger partial charge >= 0.3 is 0 Å². The van der Waals surface area contributed by atoms with Gasteiger partial charge in [0, 0.05) is 16.0 Å². The predicted octanol–water partition coefficient (Wildman–Crippen LogP) is 4.77. The van der Waals surface area contributed by atoms with Crippen LogP contribution in [0.3, 0.4) is 0 Å². The number of hydrazone groups is 1. The number of hydrogen-bond acceptors (Lipinski definition) is 6. The van der Waals surface area contributed by atoms with Crippen LogP contribution in [0.1, 0.15) is 32.0 Å². The van der Waals surface area contributed by atoms with E-state index in [1.54, 1.807) is 35.4 Å². The second kappa shape index (κ2) is 7.11. The van der Waals surface area contributed by atoms with Crippen molar-refractivity contribution in [2.75, 3.05) is 5.43 Å². The third kappa shape index (κ3) is 4.18. The van der Waals surface area contributed by atoms with Crippen molar-refractivity contribution in [3.05, 3.63) is 52.2 Å². The normalized spacial score (nSPS) is 12.0. The molecule has 0 unspecified atom stereocenters. The highest BCUT2D eigenvalue weighted by Gasteiger charge is 2.24. The van der Waals surface area contributed by atoms with E-state index >= 15 is 0 Å². The minimum atomic E-state index is -0.138. The maximum absolute atomic E-state index is 6.13. The third-order valence-corrected chi connectivity index (χ3v) is 4.78. The molecule has 0 aliphatic rings. The molecule has 3 rings (SSSR count). The summed E-state index contributed by atoms with van der Waals surface area (Å²) in [6, 6.07) is 5.24. The molecule has 0 aliphatic carbocycles. The van der Waals surface area contributed by atoms with Gasteiger partial charge in [-0.05, 0) is 12.1 Å². The van der Waals surface area contributed by atoms with Crippen LogP contribution in [0.4, 0.5) is 5.13 Å². The van der Waals surface area contributed by atoms with Crippen molar-refractivity contribution in [2.24, 2.45) is 5.10 Å². The van der Waals surface area contributed by atoms with Crippen LogP contribution in [0.15, 0.2) is 36.0 Å². The number of anilines is 1. The second-order valence-electron chi connectivity index (χ2n) is 6.30. The molecule has 1 N–H and O–H groups in total. The molecule has 2 aromatic heterocycles. The summed E-state index contributed by atoms with van der Waals surface area (Å²) >= 11 is 13.5. The van der Waals surface area contributed by atoms with Gasteiger partial charge in [-0.2, -0.15) is 10.2 Å². The summed E-state index contributed by atoms with van der Waals surface area (Å²) in [6.45, 7) is 6.30. The van der Waals surface area contributed by atoms with Crippen molar-refractivity contribution < 1.29 is 0 Å². The lowest BCUT2D eigenvalue weighted by Crippen LogP contribution is -2.15. The van der Waals surface area contributed by atoms with E-state index in [4.69, 9.17) is 23.2 Å². The lowest BCUT2D eigenvalue weighted by molar-refractivity contribution is 0.567. The van der Waals surface area contributed by atoms with Crippen molar-refractivity contribution in [1.82, 2.24) is 19.7 Å². The van der Waals surface area contributed by atoms with E-state index in [-0.39, 0.29) is 5.41 Å². The topological polar surface area (TPSA) is 68.0 Å². The van der Waals surface area contributed by atoms with Crippen molar-refractivity contribution in [3.8, 4) is 5.00 Å². The first-order valence-corrected chi connectivity index (χ1v) is 9.02. The molecule has 0 saturated carbocycles. The van der Waals surface area contributed by atoms with Crippen LogP contribution in [-0.2, 0) is 5.41 Å². The van der Waals surface area contributed by atoms with Gasteiger partial charge in [-0.3, -0.25) is 5.43 Å². The fourth-order valence-corrected chi connectivity index (χ4v) is 3.59. The van der Waals surface area contributed by atoms with Crippen LogP contribution in [0.25, 0.3) is 5.00 Å². The van der Waals surface area contributed by atoms with E-state index in [0.29, 0.717) is 15.2 Å². The van der Waals surface area contributed by atoms with E-state index in [1.807, 2.05) is 0 Å². The molecule has 3 aromatic rings. The predicted molar refractivity (Wildman–Crippen MR) is 103 cm³/mol. The summed E-state index contributed by atoms with van der Waals surface area (Å²) in [5.74, 6) is 0. The zero-order chi connectivity index (χ0) is 18.0. The standard InChI is InChI=1S/C16H16Cl2N6S/c1-16(2,3)13-14(24-9-19-8-21-24)25-15(22-13)23-20-7-10-4-5-11(17)6-12(10)18/h4-9H,1-3H3,(H,22,23)/b20-7+. The second-order valence-corrected chi connectivity index (χ2v) is 8.12. The minimum Gasteiger partial charge on any atom is -0.253 e. The highest BCUT2D eigenvalue weighted by molar-refractivity contribution is 7.18. The first-order valence-electron chi connectivity index (χ1n) is 7.45. The van der Waals surface area contributed by atoms with Gasteiger partial charge in [0.1, 0.15) is 17.7 Å². The van der Waals surface area contributed by atoms with Crippen molar-refractivity contribution in [3.63, 3.8) is 0 Å². The Hall–Kier alpha value is -1.96.